The number of carbonyl (C=O) groups is 1. The number of benzene rings is 1. The average Bonchev–Trinajstić information content (AvgIpc) is 3.46. The first-order valence-corrected chi connectivity index (χ1v) is 12.0. The predicted octanol–water partition coefficient (Wildman–Crippen LogP) is 1.58. The SMILES string of the molecule is Cc1ccc(-c2ccnc3c(C(=O)N4CCN(S(=O)(=O)c5cnn(C)c5)CC4)cnn23)cc1. The summed E-state index contributed by atoms with van der Waals surface area (Å²) in [5.74, 6) is -0.211. The molecular formula is C22H23N7O3S. The van der Waals surface area contributed by atoms with Crippen LogP contribution in [0.5, 0.6) is 0 Å². The van der Waals surface area contributed by atoms with Gasteiger partial charge in [0.05, 0.1) is 18.1 Å². The van der Waals surface area contributed by atoms with E-state index in [1.165, 1.54) is 27.6 Å². The molecule has 1 aliphatic rings. The Balaban J connectivity index is 1.36. The predicted molar refractivity (Wildman–Crippen MR) is 121 cm³/mol. The quantitative estimate of drug-likeness (QED) is 0.453. The van der Waals surface area contributed by atoms with Crippen LogP contribution in [0.2, 0.25) is 0 Å². The van der Waals surface area contributed by atoms with Crippen molar-refractivity contribution in [3.8, 4) is 11.3 Å². The molecule has 33 heavy (non-hydrogen) atoms. The molecule has 1 aliphatic heterocycles. The number of nitrogens with zero attached hydrogens (tertiary/aromatic N) is 7. The Morgan fingerprint density at radius 1 is 0.970 bits per heavy atom. The first-order valence-electron chi connectivity index (χ1n) is 10.5. The molecule has 0 spiro atoms. The molecule has 1 aromatic carbocycles. The lowest BCUT2D eigenvalue weighted by atomic mass is 10.1. The molecule has 1 fully saturated rings. The molecule has 0 N–H and O–H groups in total. The molecule has 11 heteroatoms. The van der Waals surface area contributed by atoms with Gasteiger partial charge in [0.25, 0.3) is 5.91 Å². The van der Waals surface area contributed by atoms with Crippen LogP contribution < -0.4 is 0 Å². The second-order valence-corrected chi connectivity index (χ2v) is 9.97. The molecule has 170 valence electrons. The molecule has 5 rings (SSSR count). The highest BCUT2D eigenvalue weighted by atomic mass is 32.2. The molecule has 4 heterocycles. The maximum Gasteiger partial charge on any atom is 0.259 e. The van der Waals surface area contributed by atoms with Gasteiger partial charge in [-0.3, -0.25) is 9.48 Å². The van der Waals surface area contributed by atoms with E-state index in [2.05, 4.69) is 15.2 Å². The highest BCUT2D eigenvalue weighted by Crippen LogP contribution is 2.23. The highest BCUT2D eigenvalue weighted by molar-refractivity contribution is 7.89. The van der Waals surface area contributed by atoms with Crippen LogP contribution in [0.25, 0.3) is 16.9 Å². The molecule has 3 aromatic heterocycles. The summed E-state index contributed by atoms with van der Waals surface area (Å²) >= 11 is 0. The van der Waals surface area contributed by atoms with Gasteiger partial charge < -0.3 is 4.90 Å². The van der Waals surface area contributed by atoms with Gasteiger partial charge in [-0.05, 0) is 13.0 Å². The van der Waals surface area contributed by atoms with Crippen molar-refractivity contribution in [2.24, 2.45) is 7.05 Å². The summed E-state index contributed by atoms with van der Waals surface area (Å²) < 4.78 is 30.1. The third-order valence-electron chi connectivity index (χ3n) is 5.82. The van der Waals surface area contributed by atoms with E-state index in [1.54, 1.807) is 22.7 Å². The zero-order valence-corrected chi connectivity index (χ0v) is 19.1. The van der Waals surface area contributed by atoms with Crippen molar-refractivity contribution >= 4 is 21.6 Å². The van der Waals surface area contributed by atoms with Crippen molar-refractivity contribution < 1.29 is 13.2 Å². The summed E-state index contributed by atoms with van der Waals surface area (Å²) in [4.78, 5) is 19.4. The number of piperazine rings is 1. The van der Waals surface area contributed by atoms with E-state index in [0.29, 0.717) is 11.2 Å². The summed E-state index contributed by atoms with van der Waals surface area (Å²) in [6, 6.07) is 9.93. The molecule has 0 aliphatic carbocycles. The number of sulfonamides is 1. The Bertz CT molecular complexity index is 1430. The summed E-state index contributed by atoms with van der Waals surface area (Å²) in [6.45, 7) is 3.02. The number of fused-ring (bicyclic) bond motifs is 1. The molecule has 10 nitrogen and oxygen atoms in total. The van der Waals surface area contributed by atoms with Gasteiger partial charge in [0.2, 0.25) is 10.0 Å². The topological polar surface area (TPSA) is 106 Å². The molecule has 0 radical (unpaired) electrons. The van der Waals surface area contributed by atoms with Crippen molar-refractivity contribution in [2.75, 3.05) is 26.2 Å². The summed E-state index contributed by atoms with van der Waals surface area (Å²) in [7, 11) is -1.96. The summed E-state index contributed by atoms with van der Waals surface area (Å²) in [6.07, 6.45) is 6.01. The molecule has 1 saturated heterocycles. The van der Waals surface area contributed by atoms with Crippen LogP contribution >= 0.6 is 0 Å². The molecule has 4 aromatic rings. The maximum absolute atomic E-state index is 13.2. The number of rotatable bonds is 4. The van der Waals surface area contributed by atoms with E-state index in [-0.39, 0.29) is 37.0 Å². The third kappa shape index (κ3) is 3.79. The van der Waals surface area contributed by atoms with E-state index in [1.807, 2.05) is 37.3 Å². The van der Waals surface area contributed by atoms with Crippen LogP contribution in [0.1, 0.15) is 15.9 Å². The monoisotopic (exact) mass is 465 g/mol. The van der Waals surface area contributed by atoms with Crippen LogP contribution in [0.15, 0.2) is 60.0 Å². The Morgan fingerprint density at radius 3 is 2.36 bits per heavy atom. The van der Waals surface area contributed by atoms with Crippen molar-refractivity contribution in [2.45, 2.75) is 11.8 Å². The second-order valence-electron chi connectivity index (χ2n) is 8.04. The first kappa shape index (κ1) is 21.3. The number of amides is 1. The minimum Gasteiger partial charge on any atom is -0.336 e. The van der Waals surface area contributed by atoms with Gasteiger partial charge in [-0.15, -0.1) is 0 Å². The Morgan fingerprint density at radius 2 is 1.70 bits per heavy atom. The minimum absolute atomic E-state index is 0.153. The van der Waals surface area contributed by atoms with Gasteiger partial charge in [0, 0.05) is 51.2 Å². The molecule has 1 amide bonds. The number of aromatic nitrogens is 5. The van der Waals surface area contributed by atoms with Gasteiger partial charge in [0.15, 0.2) is 5.65 Å². The smallest absolute Gasteiger partial charge is 0.259 e. The summed E-state index contributed by atoms with van der Waals surface area (Å²) in [5, 5.41) is 8.37. The van der Waals surface area contributed by atoms with Crippen molar-refractivity contribution in [3.63, 3.8) is 0 Å². The number of aryl methyl sites for hydroxylation is 2. The zero-order valence-electron chi connectivity index (χ0n) is 18.3. The molecule has 0 atom stereocenters. The van der Waals surface area contributed by atoms with Gasteiger partial charge in [-0.1, -0.05) is 29.8 Å². The van der Waals surface area contributed by atoms with Gasteiger partial charge in [0.1, 0.15) is 10.5 Å². The molecular weight excluding hydrogens is 442 g/mol. The first-order chi connectivity index (χ1) is 15.8. The Kier molecular flexibility index (Phi) is 5.22. The average molecular weight is 466 g/mol. The van der Waals surface area contributed by atoms with Crippen LogP contribution in [0.3, 0.4) is 0 Å². The van der Waals surface area contributed by atoms with Crippen LogP contribution in [0, 0.1) is 6.92 Å². The number of hydrogen-bond acceptors (Lipinski definition) is 6. The van der Waals surface area contributed by atoms with Crippen LogP contribution in [-0.2, 0) is 17.1 Å². The van der Waals surface area contributed by atoms with Gasteiger partial charge >= 0.3 is 0 Å². The third-order valence-corrected chi connectivity index (χ3v) is 7.68. The van der Waals surface area contributed by atoms with E-state index in [0.717, 1.165) is 16.8 Å². The molecule has 0 unspecified atom stereocenters. The Hall–Kier alpha value is -3.57. The molecule has 0 saturated carbocycles. The van der Waals surface area contributed by atoms with Crippen molar-refractivity contribution in [1.29, 1.82) is 0 Å². The van der Waals surface area contributed by atoms with E-state index < -0.39 is 10.0 Å². The zero-order chi connectivity index (χ0) is 23.2. The number of hydrogen-bond donors (Lipinski definition) is 0. The minimum atomic E-state index is -3.63. The maximum atomic E-state index is 13.2. The number of carbonyl (C=O) groups excluding carboxylic acids is 1. The second kappa shape index (κ2) is 8.09. The van der Waals surface area contributed by atoms with E-state index in [4.69, 9.17) is 0 Å². The highest BCUT2D eigenvalue weighted by Gasteiger charge is 2.32. The van der Waals surface area contributed by atoms with Crippen LogP contribution in [0.4, 0.5) is 0 Å². The Labute approximate surface area is 191 Å². The van der Waals surface area contributed by atoms with Crippen molar-refractivity contribution in [3.05, 3.63) is 66.2 Å². The fourth-order valence-corrected chi connectivity index (χ4v) is 5.38. The lowest BCUT2D eigenvalue weighted by molar-refractivity contribution is 0.0699. The van der Waals surface area contributed by atoms with E-state index in [9.17, 15) is 13.2 Å². The fourth-order valence-electron chi connectivity index (χ4n) is 3.97. The van der Waals surface area contributed by atoms with Crippen LogP contribution in [-0.4, -0.2) is 74.1 Å². The largest absolute Gasteiger partial charge is 0.336 e. The lowest BCUT2D eigenvalue weighted by Crippen LogP contribution is -2.50. The van der Waals surface area contributed by atoms with Gasteiger partial charge in [-0.25, -0.2) is 17.9 Å². The van der Waals surface area contributed by atoms with Crippen molar-refractivity contribution in [1.82, 2.24) is 33.6 Å². The lowest BCUT2D eigenvalue weighted by Gasteiger charge is -2.33. The summed E-state index contributed by atoms with van der Waals surface area (Å²) in [5.41, 5.74) is 3.84. The fraction of sp³-hybridized carbons (Fsp3) is 0.273. The standard InChI is InChI=1S/C22H23N7O3S/c1-16-3-5-17(6-4-16)20-7-8-23-21-19(14-25-29(20)21)22(30)27-9-11-28(12-10-27)33(31,32)18-13-24-26(2)15-18/h3-8,13-15H,9-12H2,1-2H3. The van der Waals surface area contributed by atoms with E-state index >= 15 is 0 Å². The molecule has 0 bridgehead atoms. The van der Waals surface area contributed by atoms with Gasteiger partial charge in [-0.2, -0.15) is 14.5 Å². The normalized spacial score (nSPS) is 15.3.